The Labute approximate surface area is 197 Å². The Morgan fingerprint density at radius 3 is 2.56 bits per heavy atom. The first-order valence-corrected chi connectivity index (χ1v) is 10.5. The van der Waals surface area contributed by atoms with E-state index in [4.69, 9.17) is 29.8 Å². The van der Waals surface area contributed by atoms with Gasteiger partial charge in [0.2, 0.25) is 0 Å². The molecule has 0 aliphatic carbocycles. The molecule has 2 amide bonds. The van der Waals surface area contributed by atoms with E-state index in [1.54, 1.807) is 54.6 Å². The van der Waals surface area contributed by atoms with Crippen LogP contribution < -0.4 is 15.5 Å². The molecule has 2 rings (SSSR count). The van der Waals surface area contributed by atoms with E-state index in [1.807, 2.05) is 6.07 Å². The number of anilines is 1. The molecule has 4 N–H and O–H groups in total. The maximum atomic E-state index is 12.7. The predicted octanol–water partition coefficient (Wildman–Crippen LogP) is 3.08. The number of hydroxylamine groups is 1. The lowest BCUT2D eigenvalue weighted by Crippen LogP contribution is -2.28. The van der Waals surface area contributed by atoms with Gasteiger partial charge in [-0.1, -0.05) is 24.3 Å². The van der Waals surface area contributed by atoms with E-state index in [9.17, 15) is 9.59 Å². The number of carbonyl (C=O) groups is 2. The molecule has 0 aliphatic rings. The van der Waals surface area contributed by atoms with Gasteiger partial charge in [-0.15, -0.1) is 0 Å². The minimum Gasteiger partial charge on any atom is -0.491 e. The van der Waals surface area contributed by atoms with E-state index < -0.39 is 24.2 Å². The average molecular weight is 469 g/mol. The van der Waals surface area contributed by atoms with Crippen LogP contribution in [0, 0.1) is 11.3 Å². The van der Waals surface area contributed by atoms with Gasteiger partial charge in [0.1, 0.15) is 12.4 Å². The molecule has 34 heavy (non-hydrogen) atoms. The van der Waals surface area contributed by atoms with Gasteiger partial charge in [0.05, 0.1) is 24.3 Å². The molecule has 2 atom stereocenters. The first kappa shape index (κ1) is 26.3. The number of amides is 2. The zero-order chi connectivity index (χ0) is 24.8. The van der Waals surface area contributed by atoms with Crippen LogP contribution in [0.3, 0.4) is 0 Å². The van der Waals surface area contributed by atoms with Crippen molar-refractivity contribution >= 4 is 17.7 Å². The van der Waals surface area contributed by atoms with Gasteiger partial charge in [0.25, 0.3) is 5.91 Å². The van der Waals surface area contributed by atoms with Gasteiger partial charge >= 0.3 is 6.09 Å². The SMILES string of the molecule is CO[C@H](CC/C=C/C(=O)NO)[C@H](OC(=O)Nc1ccc(C#N)cc1)c1ccccc1OCCO. The zero-order valence-corrected chi connectivity index (χ0v) is 18.6. The second kappa shape index (κ2) is 14.3. The number of rotatable bonds is 12. The summed E-state index contributed by atoms with van der Waals surface area (Å²) in [5.41, 5.74) is 2.94. The summed E-state index contributed by atoms with van der Waals surface area (Å²) in [7, 11) is 1.47. The number of methoxy groups -OCH3 is 1. The summed E-state index contributed by atoms with van der Waals surface area (Å²) < 4.78 is 17.0. The summed E-state index contributed by atoms with van der Waals surface area (Å²) in [5, 5.41) is 29.3. The molecule has 0 radical (unpaired) electrons. The number of aliphatic hydroxyl groups is 1. The largest absolute Gasteiger partial charge is 0.491 e. The van der Waals surface area contributed by atoms with E-state index in [0.29, 0.717) is 35.4 Å². The summed E-state index contributed by atoms with van der Waals surface area (Å²) in [6.07, 6.45) is 1.24. The lowest BCUT2D eigenvalue weighted by molar-refractivity contribution is -0.124. The Hall–Kier alpha value is -3.91. The van der Waals surface area contributed by atoms with Crippen molar-refractivity contribution in [1.29, 1.82) is 5.26 Å². The highest BCUT2D eigenvalue weighted by Gasteiger charge is 2.29. The monoisotopic (exact) mass is 469 g/mol. The highest BCUT2D eigenvalue weighted by molar-refractivity contribution is 5.86. The highest BCUT2D eigenvalue weighted by Crippen LogP contribution is 2.33. The maximum absolute atomic E-state index is 12.7. The Morgan fingerprint density at radius 2 is 1.91 bits per heavy atom. The zero-order valence-electron chi connectivity index (χ0n) is 18.6. The number of para-hydroxylation sites is 1. The molecule has 0 saturated carbocycles. The highest BCUT2D eigenvalue weighted by atomic mass is 16.6. The molecule has 2 aromatic rings. The van der Waals surface area contributed by atoms with Crippen LogP contribution in [0.2, 0.25) is 0 Å². The van der Waals surface area contributed by atoms with Crippen molar-refractivity contribution in [3.05, 3.63) is 71.8 Å². The number of carbonyl (C=O) groups excluding carboxylic acids is 2. The van der Waals surface area contributed by atoms with E-state index >= 15 is 0 Å². The van der Waals surface area contributed by atoms with Crippen LogP contribution in [0.4, 0.5) is 10.5 Å². The summed E-state index contributed by atoms with van der Waals surface area (Å²) in [6, 6.07) is 15.2. The predicted molar refractivity (Wildman–Crippen MR) is 122 cm³/mol. The van der Waals surface area contributed by atoms with Crippen LogP contribution in [0.15, 0.2) is 60.7 Å². The number of aliphatic hydroxyl groups excluding tert-OH is 1. The molecule has 0 bridgehead atoms. The van der Waals surface area contributed by atoms with Gasteiger partial charge in [-0.05, 0) is 43.2 Å². The molecular weight excluding hydrogens is 442 g/mol. The maximum Gasteiger partial charge on any atom is 0.412 e. The quantitative estimate of drug-likeness (QED) is 0.210. The van der Waals surface area contributed by atoms with Crippen molar-refractivity contribution < 1.29 is 34.1 Å². The van der Waals surface area contributed by atoms with E-state index in [2.05, 4.69) is 5.32 Å². The summed E-state index contributed by atoms with van der Waals surface area (Å²) in [5.74, 6) is -0.240. The van der Waals surface area contributed by atoms with Crippen molar-refractivity contribution in [2.45, 2.75) is 25.0 Å². The first-order valence-electron chi connectivity index (χ1n) is 10.5. The van der Waals surface area contributed by atoms with Gasteiger partial charge in [-0.2, -0.15) is 5.26 Å². The molecule has 0 saturated heterocycles. The van der Waals surface area contributed by atoms with Crippen LogP contribution in [0.1, 0.15) is 30.1 Å². The molecule has 0 unspecified atom stereocenters. The minimum absolute atomic E-state index is 0.0534. The molecular formula is C24H27N3O7. The van der Waals surface area contributed by atoms with Crippen LogP contribution in [0.5, 0.6) is 5.75 Å². The summed E-state index contributed by atoms with van der Waals surface area (Å²) in [6.45, 7) is -0.137. The van der Waals surface area contributed by atoms with Crippen molar-refractivity contribution in [3.8, 4) is 11.8 Å². The smallest absolute Gasteiger partial charge is 0.412 e. The molecule has 2 aromatic carbocycles. The van der Waals surface area contributed by atoms with Crippen molar-refractivity contribution in [2.24, 2.45) is 0 Å². The third kappa shape index (κ3) is 8.22. The van der Waals surface area contributed by atoms with Crippen molar-refractivity contribution in [2.75, 3.05) is 25.6 Å². The molecule has 10 heteroatoms. The number of hydrogen-bond donors (Lipinski definition) is 4. The summed E-state index contributed by atoms with van der Waals surface area (Å²) >= 11 is 0. The second-order valence-corrected chi connectivity index (χ2v) is 6.98. The van der Waals surface area contributed by atoms with Crippen molar-refractivity contribution in [1.82, 2.24) is 5.48 Å². The molecule has 10 nitrogen and oxygen atoms in total. The van der Waals surface area contributed by atoms with Gasteiger partial charge < -0.3 is 19.3 Å². The number of nitrogens with zero attached hydrogens (tertiary/aromatic N) is 1. The van der Waals surface area contributed by atoms with E-state index in [-0.39, 0.29) is 13.2 Å². The van der Waals surface area contributed by atoms with Gasteiger partial charge in [0.15, 0.2) is 6.10 Å². The van der Waals surface area contributed by atoms with Crippen LogP contribution >= 0.6 is 0 Å². The van der Waals surface area contributed by atoms with Crippen LogP contribution in [-0.2, 0) is 14.3 Å². The fourth-order valence-electron chi connectivity index (χ4n) is 3.11. The topological polar surface area (TPSA) is 150 Å². The standard InChI is InChI=1S/C24H27N3O7/c1-32-21(8-4-5-9-22(29)27-31)23(19-6-2-3-7-20(19)33-15-14-28)34-24(30)26-18-12-10-17(16-25)11-13-18/h2-3,5-7,9-13,21,23,28,31H,4,8,14-15H2,1H3,(H,26,30)(H,27,29)/b9-5+/t21-,23-/m1/s1. The van der Waals surface area contributed by atoms with Gasteiger partial charge in [-0.3, -0.25) is 15.3 Å². The summed E-state index contributed by atoms with van der Waals surface area (Å²) in [4.78, 5) is 23.9. The van der Waals surface area contributed by atoms with Gasteiger partial charge in [-0.25, -0.2) is 10.3 Å². The third-order valence-electron chi connectivity index (χ3n) is 4.71. The minimum atomic E-state index is -0.890. The molecule has 0 aliphatic heterocycles. The first-order chi connectivity index (χ1) is 16.5. The Kier molecular flexibility index (Phi) is 11.1. The van der Waals surface area contributed by atoms with E-state index in [1.165, 1.54) is 18.7 Å². The van der Waals surface area contributed by atoms with E-state index in [0.717, 1.165) is 0 Å². The molecule has 0 heterocycles. The molecule has 0 fully saturated rings. The van der Waals surface area contributed by atoms with Gasteiger partial charge in [0, 0.05) is 24.4 Å². The fraction of sp³-hybridized carbons (Fsp3) is 0.292. The number of benzene rings is 2. The fourth-order valence-corrected chi connectivity index (χ4v) is 3.11. The number of nitrogens with one attached hydrogen (secondary N) is 2. The lowest BCUT2D eigenvalue weighted by Gasteiger charge is -2.27. The average Bonchev–Trinajstić information content (AvgIpc) is 2.87. The number of hydrogen-bond acceptors (Lipinski definition) is 8. The third-order valence-corrected chi connectivity index (χ3v) is 4.71. The number of nitriles is 1. The number of ether oxygens (including phenoxy) is 3. The Morgan fingerprint density at radius 1 is 1.18 bits per heavy atom. The molecule has 180 valence electrons. The second-order valence-electron chi connectivity index (χ2n) is 6.98. The number of allylic oxidation sites excluding steroid dienone is 1. The van der Waals surface area contributed by atoms with Crippen LogP contribution in [0.25, 0.3) is 0 Å². The van der Waals surface area contributed by atoms with Crippen LogP contribution in [-0.4, -0.2) is 48.7 Å². The van der Waals surface area contributed by atoms with Crippen molar-refractivity contribution in [3.63, 3.8) is 0 Å². The Bertz CT molecular complexity index is 1000. The molecule has 0 spiro atoms. The Balaban J connectivity index is 2.25. The normalized spacial score (nSPS) is 12.4. The lowest BCUT2D eigenvalue weighted by atomic mass is 9.99. The molecule has 0 aromatic heterocycles.